The van der Waals surface area contributed by atoms with Crippen LogP contribution in [0.2, 0.25) is 0 Å². The summed E-state index contributed by atoms with van der Waals surface area (Å²) in [6.07, 6.45) is 6.42. The molecule has 0 bridgehead atoms. The minimum atomic E-state index is 0.259. The van der Waals surface area contributed by atoms with E-state index in [-0.39, 0.29) is 12.6 Å². The van der Waals surface area contributed by atoms with Gasteiger partial charge in [0.05, 0.1) is 6.61 Å². The van der Waals surface area contributed by atoms with E-state index in [1.54, 1.807) is 0 Å². The molecule has 0 saturated carbocycles. The molecule has 0 aliphatic carbocycles. The Morgan fingerprint density at radius 2 is 1.78 bits per heavy atom. The Balaban J connectivity index is 2.26. The predicted octanol–water partition coefficient (Wildman–Crippen LogP) is 2.25. The van der Waals surface area contributed by atoms with Crippen LogP contribution in [0.3, 0.4) is 0 Å². The molecule has 0 aromatic carbocycles. The van der Waals surface area contributed by atoms with Crippen LogP contribution in [0.4, 0.5) is 0 Å². The summed E-state index contributed by atoms with van der Waals surface area (Å²) in [5.41, 5.74) is 0.620. The van der Waals surface area contributed by atoms with Crippen molar-refractivity contribution in [2.45, 2.75) is 58.9 Å². The fourth-order valence-electron chi connectivity index (χ4n) is 3.09. The normalized spacial score (nSPS) is 22.0. The van der Waals surface area contributed by atoms with Gasteiger partial charge in [0.25, 0.3) is 0 Å². The number of hydrogen-bond acceptors (Lipinski definition) is 3. The largest absolute Gasteiger partial charge is 0.395 e. The summed E-state index contributed by atoms with van der Waals surface area (Å²) in [6, 6.07) is 0.277. The van der Waals surface area contributed by atoms with Crippen LogP contribution >= 0.6 is 0 Å². The predicted molar refractivity (Wildman–Crippen MR) is 77.9 cm³/mol. The summed E-state index contributed by atoms with van der Waals surface area (Å²) in [5.74, 6) is 0. The maximum Gasteiger partial charge on any atom is 0.0585 e. The van der Waals surface area contributed by atoms with Crippen LogP contribution in [0.15, 0.2) is 0 Å². The highest BCUT2D eigenvalue weighted by atomic mass is 16.3. The zero-order valence-corrected chi connectivity index (χ0v) is 12.5. The lowest BCUT2D eigenvalue weighted by Gasteiger charge is -2.41. The van der Waals surface area contributed by atoms with E-state index >= 15 is 0 Å². The van der Waals surface area contributed by atoms with E-state index < -0.39 is 0 Å². The summed E-state index contributed by atoms with van der Waals surface area (Å²) in [6.45, 7) is 11.6. The molecule has 3 nitrogen and oxygen atoms in total. The first-order chi connectivity index (χ1) is 8.69. The van der Waals surface area contributed by atoms with Crippen LogP contribution in [-0.2, 0) is 0 Å². The Kier molecular flexibility index (Phi) is 7.20. The lowest BCUT2D eigenvalue weighted by Crippen LogP contribution is -2.42. The van der Waals surface area contributed by atoms with Gasteiger partial charge in [0.2, 0.25) is 0 Å². The number of nitrogens with zero attached hydrogens (tertiary/aromatic N) is 1. The van der Waals surface area contributed by atoms with E-state index in [1.807, 2.05) is 0 Å². The first-order valence-corrected chi connectivity index (χ1v) is 7.76. The van der Waals surface area contributed by atoms with Crippen molar-refractivity contribution in [3.8, 4) is 0 Å². The Labute approximate surface area is 113 Å². The SMILES string of the molecule is CCNC(CO)CCN1CCC(CC)(CC)CC1. The van der Waals surface area contributed by atoms with E-state index in [0.717, 1.165) is 19.5 Å². The number of rotatable bonds is 8. The molecule has 1 aliphatic rings. The first-order valence-electron chi connectivity index (χ1n) is 7.76. The van der Waals surface area contributed by atoms with Crippen LogP contribution in [0, 0.1) is 5.41 Å². The molecule has 0 aromatic heterocycles. The molecule has 1 unspecified atom stereocenters. The Hall–Kier alpha value is -0.120. The molecule has 3 heteroatoms. The van der Waals surface area contributed by atoms with Gasteiger partial charge in [-0.25, -0.2) is 0 Å². The van der Waals surface area contributed by atoms with Crippen LogP contribution in [-0.4, -0.2) is 48.8 Å². The van der Waals surface area contributed by atoms with Crippen LogP contribution in [0.1, 0.15) is 52.9 Å². The third-order valence-electron chi connectivity index (χ3n) is 4.92. The molecule has 0 amide bonds. The number of likely N-dealkylation sites (tertiary alicyclic amines) is 1. The van der Waals surface area contributed by atoms with Crippen molar-refractivity contribution < 1.29 is 5.11 Å². The first kappa shape index (κ1) is 15.9. The van der Waals surface area contributed by atoms with Crippen molar-refractivity contribution in [1.29, 1.82) is 0 Å². The summed E-state index contributed by atoms with van der Waals surface area (Å²) in [5, 5.41) is 12.6. The molecule has 0 radical (unpaired) electrons. The molecular formula is C15H32N2O. The lowest BCUT2D eigenvalue weighted by molar-refractivity contribution is 0.0901. The van der Waals surface area contributed by atoms with Crippen molar-refractivity contribution in [1.82, 2.24) is 10.2 Å². The molecule has 1 saturated heterocycles. The Bertz CT molecular complexity index is 207. The van der Waals surface area contributed by atoms with Crippen molar-refractivity contribution in [3.05, 3.63) is 0 Å². The maximum atomic E-state index is 9.26. The van der Waals surface area contributed by atoms with Crippen molar-refractivity contribution >= 4 is 0 Å². The summed E-state index contributed by atoms with van der Waals surface area (Å²) >= 11 is 0. The van der Waals surface area contributed by atoms with Crippen molar-refractivity contribution in [2.75, 3.05) is 32.8 Å². The number of aliphatic hydroxyl groups is 1. The van der Waals surface area contributed by atoms with E-state index in [9.17, 15) is 5.11 Å². The second-order valence-electron chi connectivity index (χ2n) is 5.77. The highest BCUT2D eigenvalue weighted by molar-refractivity contribution is 4.84. The number of piperidine rings is 1. The second kappa shape index (κ2) is 8.13. The fourth-order valence-corrected chi connectivity index (χ4v) is 3.09. The molecule has 2 N–H and O–H groups in total. The highest BCUT2D eigenvalue weighted by Crippen LogP contribution is 2.37. The number of likely N-dealkylation sites (N-methyl/N-ethyl adjacent to an activating group) is 1. The maximum absolute atomic E-state index is 9.26. The van der Waals surface area contributed by atoms with Crippen LogP contribution < -0.4 is 5.32 Å². The molecule has 1 heterocycles. The molecule has 1 fully saturated rings. The van der Waals surface area contributed by atoms with Gasteiger partial charge < -0.3 is 15.3 Å². The third-order valence-corrected chi connectivity index (χ3v) is 4.92. The van der Waals surface area contributed by atoms with Gasteiger partial charge in [-0.1, -0.05) is 33.6 Å². The van der Waals surface area contributed by atoms with Gasteiger partial charge in [0.1, 0.15) is 0 Å². The highest BCUT2D eigenvalue weighted by Gasteiger charge is 2.30. The second-order valence-corrected chi connectivity index (χ2v) is 5.77. The smallest absolute Gasteiger partial charge is 0.0585 e. The van der Waals surface area contributed by atoms with E-state index in [4.69, 9.17) is 0 Å². The zero-order valence-electron chi connectivity index (χ0n) is 12.5. The van der Waals surface area contributed by atoms with Gasteiger partial charge >= 0.3 is 0 Å². The summed E-state index contributed by atoms with van der Waals surface area (Å²) in [4.78, 5) is 2.57. The van der Waals surface area contributed by atoms with E-state index in [0.29, 0.717) is 5.41 Å². The number of nitrogens with one attached hydrogen (secondary N) is 1. The molecule has 0 spiro atoms. The average Bonchev–Trinajstić information content (AvgIpc) is 2.44. The van der Waals surface area contributed by atoms with Crippen molar-refractivity contribution in [2.24, 2.45) is 5.41 Å². The topological polar surface area (TPSA) is 35.5 Å². The minimum Gasteiger partial charge on any atom is -0.395 e. The minimum absolute atomic E-state index is 0.259. The molecule has 18 heavy (non-hydrogen) atoms. The number of aliphatic hydroxyl groups excluding tert-OH is 1. The molecule has 1 rings (SSSR count). The molecular weight excluding hydrogens is 224 g/mol. The van der Waals surface area contributed by atoms with Gasteiger partial charge in [-0.3, -0.25) is 0 Å². The molecule has 108 valence electrons. The monoisotopic (exact) mass is 256 g/mol. The lowest BCUT2D eigenvalue weighted by atomic mass is 9.74. The summed E-state index contributed by atoms with van der Waals surface area (Å²) < 4.78 is 0. The van der Waals surface area contributed by atoms with Crippen molar-refractivity contribution in [3.63, 3.8) is 0 Å². The van der Waals surface area contributed by atoms with Gasteiger partial charge in [-0.2, -0.15) is 0 Å². The fraction of sp³-hybridized carbons (Fsp3) is 1.00. The van der Waals surface area contributed by atoms with Gasteiger partial charge in [0.15, 0.2) is 0 Å². The molecule has 1 aliphatic heterocycles. The quantitative estimate of drug-likeness (QED) is 0.699. The molecule has 1 atom stereocenters. The number of hydrogen-bond donors (Lipinski definition) is 2. The molecule has 0 aromatic rings. The van der Waals surface area contributed by atoms with Gasteiger partial charge in [-0.05, 0) is 50.9 Å². The summed E-state index contributed by atoms with van der Waals surface area (Å²) in [7, 11) is 0. The third kappa shape index (κ3) is 4.52. The van der Waals surface area contributed by atoms with Gasteiger partial charge in [0, 0.05) is 6.04 Å². The average molecular weight is 256 g/mol. The Morgan fingerprint density at radius 1 is 1.17 bits per heavy atom. The van der Waals surface area contributed by atoms with E-state index in [1.165, 1.54) is 38.8 Å². The van der Waals surface area contributed by atoms with Crippen LogP contribution in [0.5, 0.6) is 0 Å². The standard InChI is InChI=1S/C15H32N2O/c1-4-15(5-2)8-11-17(12-9-15)10-7-14(13-18)16-6-3/h14,16,18H,4-13H2,1-3H3. The zero-order chi connectivity index (χ0) is 13.4. The van der Waals surface area contributed by atoms with E-state index in [2.05, 4.69) is 31.0 Å². The van der Waals surface area contributed by atoms with Gasteiger partial charge in [-0.15, -0.1) is 0 Å². The Morgan fingerprint density at radius 3 is 2.22 bits per heavy atom. The van der Waals surface area contributed by atoms with Crippen LogP contribution in [0.25, 0.3) is 0 Å².